The maximum Gasteiger partial charge on any atom is 0.437 e. The Morgan fingerprint density at radius 2 is 2.13 bits per heavy atom. The maximum absolute atomic E-state index is 12.3. The summed E-state index contributed by atoms with van der Waals surface area (Å²) in [5.74, 6) is 0.918. The van der Waals surface area contributed by atoms with E-state index in [-0.39, 0.29) is 5.82 Å². The van der Waals surface area contributed by atoms with Gasteiger partial charge in [0.05, 0.1) is 12.9 Å². The standard InChI is InChI=1S/C15H20N7O6PS/c1-2-30-15-19-12(16)9-13(20-15)22(7-18-9)14-11(24)10(23)8(28-14)5-27-29(25,26)21-4-3-17-6-21/h3-4,6-8,10-11,14,23-24H,2,5H2,1H3,(H,25,26)(H2,16,19,20)/t8-,10-,11-,14-/m1/s1. The van der Waals surface area contributed by atoms with Gasteiger partial charge in [0, 0.05) is 12.4 Å². The third-order valence-electron chi connectivity index (χ3n) is 4.50. The molecule has 1 aliphatic heterocycles. The molecule has 3 aromatic rings. The Morgan fingerprint density at radius 1 is 1.33 bits per heavy atom. The van der Waals surface area contributed by atoms with Gasteiger partial charge in [-0.3, -0.25) is 9.09 Å². The van der Waals surface area contributed by atoms with E-state index in [4.69, 9.17) is 15.0 Å². The number of nitrogen functional groups attached to an aromatic ring is 1. The molecule has 0 spiro atoms. The summed E-state index contributed by atoms with van der Waals surface area (Å²) in [6.07, 6.45) is 0.252. The van der Waals surface area contributed by atoms with Crippen LogP contribution in [0.4, 0.5) is 5.82 Å². The summed E-state index contributed by atoms with van der Waals surface area (Å²) in [7, 11) is -4.21. The second-order valence-corrected chi connectivity index (χ2v) is 9.36. The van der Waals surface area contributed by atoms with Gasteiger partial charge in [0.1, 0.15) is 30.2 Å². The number of aliphatic hydroxyl groups excluding tert-OH is 2. The molecule has 5 atom stereocenters. The number of imidazole rings is 2. The first-order valence-electron chi connectivity index (χ1n) is 8.92. The Morgan fingerprint density at radius 3 is 2.83 bits per heavy atom. The van der Waals surface area contributed by atoms with E-state index < -0.39 is 38.9 Å². The van der Waals surface area contributed by atoms with E-state index in [1.165, 1.54) is 35.0 Å². The predicted molar refractivity (Wildman–Crippen MR) is 105 cm³/mol. The number of nitrogens with zero attached hydrogens (tertiary/aromatic N) is 6. The minimum atomic E-state index is -4.21. The number of fused-ring (bicyclic) bond motifs is 1. The number of thioether (sulfide) groups is 1. The highest BCUT2D eigenvalue weighted by Crippen LogP contribution is 2.44. The molecule has 1 unspecified atom stereocenters. The van der Waals surface area contributed by atoms with Crippen molar-refractivity contribution in [2.24, 2.45) is 0 Å². The minimum Gasteiger partial charge on any atom is -0.387 e. The first kappa shape index (κ1) is 21.2. The SMILES string of the molecule is CCSc1nc(N)c2ncn([C@@H]3O[C@H](COP(=O)(O)n4ccnc4)[C@@H](O)[C@H]3O)c2n1. The quantitative estimate of drug-likeness (QED) is 0.212. The average Bonchev–Trinajstić information content (AvgIpc) is 3.43. The summed E-state index contributed by atoms with van der Waals surface area (Å²) in [6, 6.07) is 0. The van der Waals surface area contributed by atoms with Gasteiger partial charge in [0.15, 0.2) is 22.8 Å². The molecule has 0 amide bonds. The van der Waals surface area contributed by atoms with Crippen LogP contribution in [0.25, 0.3) is 11.2 Å². The minimum absolute atomic E-state index is 0.184. The fourth-order valence-electron chi connectivity index (χ4n) is 3.03. The second-order valence-electron chi connectivity index (χ2n) is 6.42. The molecule has 0 saturated carbocycles. The first-order valence-corrected chi connectivity index (χ1v) is 11.4. The van der Waals surface area contributed by atoms with Gasteiger partial charge < -0.3 is 25.6 Å². The zero-order valence-electron chi connectivity index (χ0n) is 15.7. The van der Waals surface area contributed by atoms with Crippen molar-refractivity contribution in [1.82, 2.24) is 28.8 Å². The van der Waals surface area contributed by atoms with Crippen molar-refractivity contribution in [1.29, 1.82) is 0 Å². The number of nitrogens with two attached hydrogens (primary N) is 1. The van der Waals surface area contributed by atoms with Gasteiger partial charge in [0.2, 0.25) is 0 Å². The number of hydrogen-bond acceptors (Lipinski definition) is 11. The molecule has 5 N–H and O–H groups in total. The molecule has 1 saturated heterocycles. The molecule has 1 fully saturated rings. The lowest BCUT2D eigenvalue weighted by Crippen LogP contribution is -2.33. The van der Waals surface area contributed by atoms with E-state index in [1.807, 2.05) is 6.92 Å². The van der Waals surface area contributed by atoms with Gasteiger partial charge in [-0.15, -0.1) is 0 Å². The van der Waals surface area contributed by atoms with Crippen molar-refractivity contribution in [3.05, 3.63) is 25.0 Å². The molecular formula is C15H20N7O6PS. The highest BCUT2D eigenvalue weighted by atomic mass is 32.2. The third kappa shape index (κ3) is 3.83. The molecule has 1 aliphatic rings. The lowest BCUT2D eigenvalue weighted by atomic mass is 10.1. The summed E-state index contributed by atoms with van der Waals surface area (Å²) in [5.41, 5.74) is 6.62. The van der Waals surface area contributed by atoms with Gasteiger partial charge in [-0.25, -0.2) is 28.8 Å². The number of rotatable bonds is 7. The Bertz CT molecular complexity index is 1080. The van der Waals surface area contributed by atoms with Gasteiger partial charge in [-0.1, -0.05) is 18.7 Å². The smallest absolute Gasteiger partial charge is 0.387 e. The van der Waals surface area contributed by atoms with Crippen LogP contribution in [0.15, 0.2) is 30.2 Å². The van der Waals surface area contributed by atoms with Crippen molar-refractivity contribution in [3.63, 3.8) is 0 Å². The van der Waals surface area contributed by atoms with Crippen LogP contribution in [0.5, 0.6) is 0 Å². The van der Waals surface area contributed by atoms with Crippen LogP contribution in [-0.2, 0) is 13.8 Å². The Balaban J connectivity index is 1.55. The Kier molecular flexibility index (Phi) is 5.81. The second kappa shape index (κ2) is 8.23. The molecule has 0 radical (unpaired) electrons. The first-order chi connectivity index (χ1) is 14.3. The van der Waals surface area contributed by atoms with Crippen LogP contribution in [0.3, 0.4) is 0 Å². The lowest BCUT2D eigenvalue weighted by molar-refractivity contribution is -0.0487. The van der Waals surface area contributed by atoms with Crippen LogP contribution in [0, 0.1) is 0 Å². The lowest BCUT2D eigenvalue weighted by Gasteiger charge is -2.18. The van der Waals surface area contributed by atoms with E-state index in [1.54, 1.807) is 0 Å². The summed E-state index contributed by atoms with van der Waals surface area (Å²) in [4.78, 5) is 26.4. The van der Waals surface area contributed by atoms with Crippen molar-refractivity contribution < 1.29 is 28.9 Å². The van der Waals surface area contributed by atoms with E-state index in [0.29, 0.717) is 16.3 Å². The molecule has 13 nitrogen and oxygen atoms in total. The van der Waals surface area contributed by atoms with E-state index in [0.717, 1.165) is 16.4 Å². The zero-order chi connectivity index (χ0) is 21.5. The Hall–Kier alpha value is -2.06. The Labute approximate surface area is 174 Å². The molecule has 15 heteroatoms. The van der Waals surface area contributed by atoms with Crippen LogP contribution in [-0.4, -0.2) is 74.6 Å². The van der Waals surface area contributed by atoms with Crippen molar-refractivity contribution in [2.45, 2.75) is 36.6 Å². The van der Waals surface area contributed by atoms with Gasteiger partial charge >= 0.3 is 7.75 Å². The van der Waals surface area contributed by atoms with Crippen LogP contribution in [0.2, 0.25) is 0 Å². The normalized spacial score (nSPS) is 26.3. The average molecular weight is 457 g/mol. The predicted octanol–water partition coefficient (Wildman–Crippen LogP) is 0.00150. The molecule has 30 heavy (non-hydrogen) atoms. The number of ether oxygens (including phenoxy) is 1. The molecule has 0 aromatic carbocycles. The third-order valence-corrected chi connectivity index (χ3v) is 6.54. The van der Waals surface area contributed by atoms with E-state index in [9.17, 15) is 19.7 Å². The van der Waals surface area contributed by atoms with Crippen molar-refractivity contribution in [2.75, 3.05) is 18.1 Å². The summed E-state index contributed by atoms with van der Waals surface area (Å²) >= 11 is 1.39. The number of anilines is 1. The zero-order valence-corrected chi connectivity index (χ0v) is 17.4. The highest BCUT2D eigenvalue weighted by Gasteiger charge is 2.45. The molecule has 162 valence electrons. The molecular weight excluding hydrogens is 437 g/mol. The topological polar surface area (TPSA) is 184 Å². The summed E-state index contributed by atoms with van der Waals surface area (Å²) in [6.45, 7) is 1.50. The van der Waals surface area contributed by atoms with Crippen LogP contribution in [0.1, 0.15) is 13.2 Å². The molecule has 4 heterocycles. The fraction of sp³-hybridized carbons (Fsp3) is 0.467. The molecule has 0 bridgehead atoms. The van der Waals surface area contributed by atoms with E-state index in [2.05, 4.69) is 19.9 Å². The molecule has 0 aliphatic carbocycles. The molecule has 4 rings (SSSR count). The fourth-order valence-corrected chi connectivity index (χ4v) is 4.50. The number of hydrogen-bond donors (Lipinski definition) is 4. The molecule has 3 aromatic heterocycles. The number of aromatic nitrogens is 6. The van der Waals surface area contributed by atoms with Crippen LogP contribution >= 0.6 is 19.5 Å². The van der Waals surface area contributed by atoms with Gasteiger partial charge in [-0.05, 0) is 5.75 Å². The highest BCUT2D eigenvalue weighted by molar-refractivity contribution is 7.99. The van der Waals surface area contributed by atoms with Crippen molar-refractivity contribution in [3.8, 4) is 0 Å². The monoisotopic (exact) mass is 457 g/mol. The largest absolute Gasteiger partial charge is 0.437 e. The summed E-state index contributed by atoms with van der Waals surface area (Å²) in [5, 5.41) is 21.3. The summed E-state index contributed by atoms with van der Waals surface area (Å²) < 4.78 is 25.4. The maximum atomic E-state index is 12.3. The van der Waals surface area contributed by atoms with Crippen molar-refractivity contribution >= 4 is 36.5 Å². The van der Waals surface area contributed by atoms with E-state index >= 15 is 0 Å². The van der Waals surface area contributed by atoms with Crippen LogP contribution < -0.4 is 5.73 Å². The number of aliphatic hydroxyl groups is 2. The van der Waals surface area contributed by atoms with Gasteiger partial charge in [-0.2, -0.15) is 0 Å². The van der Waals surface area contributed by atoms with Gasteiger partial charge in [0.25, 0.3) is 0 Å².